The van der Waals surface area contributed by atoms with Crippen molar-refractivity contribution in [2.75, 3.05) is 0 Å². The summed E-state index contributed by atoms with van der Waals surface area (Å²) in [6.07, 6.45) is 1.65. The van der Waals surface area contributed by atoms with Crippen LogP contribution in [0.2, 0.25) is 0 Å². The van der Waals surface area contributed by atoms with Gasteiger partial charge in [-0.1, -0.05) is 0 Å². The van der Waals surface area contributed by atoms with Crippen LogP contribution in [-0.2, 0) is 6.61 Å². The molecule has 0 amide bonds. The Bertz CT molecular complexity index is 200. The fraction of sp³-hybridized carbons (Fsp3) is 0.333. The van der Waals surface area contributed by atoms with Crippen LogP contribution in [0, 0.1) is 6.92 Å². The summed E-state index contributed by atoms with van der Waals surface area (Å²) in [6, 6.07) is 1.80. The third kappa shape index (κ3) is 1.47. The monoisotopic (exact) mass is 124 g/mol. The molecule has 0 unspecified atom stereocenters. The van der Waals surface area contributed by atoms with Gasteiger partial charge in [-0.3, -0.25) is 0 Å². The number of aromatic nitrogens is 2. The summed E-state index contributed by atoms with van der Waals surface area (Å²) < 4.78 is 0. The first kappa shape index (κ1) is 6.16. The van der Waals surface area contributed by atoms with Gasteiger partial charge in [-0.05, 0) is 18.6 Å². The maximum atomic E-state index is 8.56. The van der Waals surface area contributed by atoms with Crippen molar-refractivity contribution in [2.24, 2.45) is 0 Å². The van der Waals surface area contributed by atoms with E-state index in [1.807, 2.05) is 6.92 Å². The predicted octanol–water partition coefficient (Wildman–Crippen LogP) is 0.277. The zero-order valence-electron chi connectivity index (χ0n) is 5.20. The Balaban J connectivity index is 2.94. The first-order valence-electron chi connectivity index (χ1n) is 2.72. The highest BCUT2D eigenvalue weighted by Gasteiger charge is 1.90. The topological polar surface area (TPSA) is 46.0 Å². The van der Waals surface area contributed by atoms with Gasteiger partial charge in [0.2, 0.25) is 0 Å². The average molecular weight is 124 g/mol. The van der Waals surface area contributed by atoms with E-state index in [1.54, 1.807) is 12.3 Å². The highest BCUT2D eigenvalue weighted by atomic mass is 16.3. The van der Waals surface area contributed by atoms with Crippen molar-refractivity contribution >= 4 is 0 Å². The summed E-state index contributed by atoms with van der Waals surface area (Å²) in [4.78, 5) is 0. The first-order chi connectivity index (χ1) is 4.33. The lowest BCUT2D eigenvalue weighted by atomic mass is 10.3. The third-order valence-electron chi connectivity index (χ3n) is 1.00. The minimum Gasteiger partial charge on any atom is -0.390 e. The Hall–Kier alpha value is -0.960. The normalized spacial score (nSPS) is 9.56. The molecule has 48 valence electrons. The Morgan fingerprint density at radius 3 is 2.89 bits per heavy atom. The van der Waals surface area contributed by atoms with Crippen LogP contribution in [0.15, 0.2) is 12.3 Å². The molecule has 0 spiro atoms. The van der Waals surface area contributed by atoms with Crippen LogP contribution in [0.25, 0.3) is 0 Å². The van der Waals surface area contributed by atoms with Gasteiger partial charge in [0.05, 0.1) is 18.5 Å². The van der Waals surface area contributed by atoms with Gasteiger partial charge >= 0.3 is 0 Å². The number of hydrogen-bond donors (Lipinski definition) is 1. The minimum absolute atomic E-state index is 0.0331. The van der Waals surface area contributed by atoms with E-state index in [-0.39, 0.29) is 6.61 Å². The van der Waals surface area contributed by atoms with Gasteiger partial charge in [0.15, 0.2) is 0 Å². The zero-order valence-corrected chi connectivity index (χ0v) is 5.20. The molecule has 0 fully saturated rings. The second-order valence-corrected chi connectivity index (χ2v) is 1.88. The first-order valence-corrected chi connectivity index (χ1v) is 2.72. The lowest BCUT2D eigenvalue weighted by Gasteiger charge is -1.92. The molecule has 0 bridgehead atoms. The van der Waals surface area contributed by atoms with Gasteiger partial charge < -0.3 is 5.11 Å². The Morgan fingerprint density at radius 1 is 1.67 bits per heavy atom. The van der Waals surface area contributed by atoms with E-state index in [0.717, 1.165) is 5.56 Å². The highest BCUT2D eigenvalue weighted by molar-refractivity contribution is 5.09. The van der Waals surface area contributed by atoms with Crippen molar-refractivity contribution in [1.82, 2.24) is 10.2 Å². The van der Waals surface area contributed by atoms with Crippen LogP contribution >= 0.6 is 0 Å². The maximum Gasteiger partial charge on any atom is 0.0888 e. The average Bonchev–Trinajstić information content (AvgIpc) is 1.88. The quantitative estimate of drug-likeness (QED) is 0.584. The standard InChI is InChI=1S/C6H8N2O/c1-5-2-6(4-9)8-7-3-5/h2-3,9H,4H2,1H3. The Morgan fingerprint density at radius 2 is 2.44 bits per heavy atom. The van der Waals surface area contributed by atoms with Crippen LogP contribution in [0.4, 0.5) is 0 Å². The molecule has 0 aliphatic heterocycles. The van der Waals surface area contributed by atoms with Gasteiger partial charge in [-0.15, -0.1) is 0 Å². The molecule has 9 heavy (non-hydrogen) atoms. The van der Waals surface area contributed by atoms with Crippen molar-refractivity contribution < 1.29 is 5.11 Å². The molecule has 1 aromatic heterocycles. The van der Waals surface area contributed by atoms with Gasteiger partial charge in [0.25, 0.3) is 0 Å². The van der Waals surface area contributed by atoms with Gasteiger partial charge in [0, 0.05) is 0 Å². The molecule has 0 aromatic carbocycles. The fourth-order valence-electron chi connectivity index (χ4n) is 0.600. The van der Waals surface area contributed by atoms with E-state index >= 15 is 0 Å². The molecular weight excluding hydrogens is 116 g/mol. The summed E-state index contributed by atoms with van der Waals surface area (Å²) in [6.45, 7) is 1.88. The van der Waals surface area contributed by atoms with Gasteiger partial charge in [-0.2, -0.15) is 10.2 Å². The van der Waals surface area contributed by atoms with Crippen molar-refractivity contribution in [2.45, 2.75) is 13.5 Å². The Kier molecular flexibility index (Phi) is 1.75. The number of aryl methyl sites for hydroxylation is 1. The van der Waals surface area contributed by atoms with Crippen LogP contribution in [0.3, 0.4) is 0 Å². The predicted molar refractivity (Wildman–Crippen MR) is 32.7 cm³/mol. The van der Waals surface area contributed by atoms with Crippen LogP contribution < -0.4 is 0 Å². The molecule has 1 rings (SSSR count). The molecule has 3 nitrogen and oxygen atoms in total. The zero-order chi connectivity index (χ0) is 6.69. The summed E-state index contributed by atoms with van der Waals surface area (Å²) in [7, 11) is 0. The fourth-order valence-corrected chi connectivity index (χ4v) is 0.600. The van der Waals surface area contributed by atoms with Crippen LogP contribution in [0.1, 0.15) is 11.3 Å². The molecule has 0 aliphatic rings. The number of rotatable bonds is 1. The van der Waals surface area contributed by atoms with Crippen molar-refractivity contribution in [3.63, 3.8) is 0 Å². The van der Waals surface area contributed by atoms with E-state index in [0.29, 0.717) is 5.69 Å². The summed E-state index contributed by atoms with van der Waals surface area (Å²) in [5.41, 5.74) is 1.64. The SMILES string of the molecule is Cc1cnnc(CO)c1. The molecule has 1 aromatic rings. The van der Waals surface area contributed by atoms with Crippen molar-refractivity contribution in [3.8, 4) is 0 Å². The molecule has 0 radical (unpaired) electrons. The smallest absolute Gasteiger partial charge is 0.0888 e. The van der Waals surface area contributed by atoms with Gasteiger partial charge in [0.1, 0.15) is 0 Å². The van der Waals surface area contributed by atoms with E-state index in [9.17, 15) is 0 Å². The highest BCUT2D eigenvalue weighted by Crippen LogP contribution is 1.95. The molecule has 1 heterocycles. The van der Waals surface area contributed by atoms with E-state index in [2.05, 4.69) is 10.2 Å². The minimum atomic E-state index is -0.0331. The maximum absolute atomic E-state index is 8.56. The number of hydrogen-bond acceptors (Lipinski definition) is 3. The third-order valence-corrected chi connectivity index (χ3v) is 1.00. The van der Waals surface area contributed by atoms with Crippen molar-refractivity contribution in [1.29, 1.82) is 0 Å². The van der Waals surface area contributed by atoms with E-state index in [1.165, 1.54) is 0 Å². The second kappa shape index (κ2) is 2.55. The van der Waals surface area contributed by atoms with Crippen LogP contribution in [0.5, 0.6) is 0 Å². The van der Waals surface area contributed by atoms with E-state index < -0.39 is 0 Å². The lowest BCUT2D eigenvalue weighted by molar-refractivity contribution is 0.275. The molecule has 0 saturated carbocycles. The summed E-state index contributed by atoms with van der Waals surface area (Å²) in [5, 5.41) is 15.9. The molecule has 1 N–H and O–H groups in total. The summed E-state index contributed by atoms with van der Waals surface area (Å²) in [5.74, 6) is 0. The van der Waals surface area contributed by atoms with Gasteiger partial charge in [-0.25, -0.2) is 0 Å². The number of aliphatic hydroxyl groups excluding tert-OH is 1. The van der Waals surface area contributed by atoms with E-state index in [4.69, 9.17) is 5.11 Å². The second-order valence-electron chi connectivity index (χ2n) is 1.88. The molecular formula is C6H8N2O. The lowest BCUT2D eigenvalue weighted by Crippen LogP contribution is -1.91. The Labute approximate surface area is 53.4 Å². The molecule has 0 atom stereocenters. The number of aliphatic hydroxyl groups is 1. The van der Waals surface area contributed by atoms with Crippen LogP contribution in [-0.4, -0.2) is 15.3 Å². The molecule has 3 heteroatoms. The molecule has 0 aliphatic carbocycles. The summed E-state index contributed by atoms with van der Waals surface area (Å²) >= 11 is 0. The largest absolute Gasteiger partial charge is 0.390 e. The van der Waals surface area contributed by atoms with Crippen molar-refractivity contribution in [3.05, 3.63) is 23.5 Å². The number of nitrogens with zero attached hydrogens (tertiary/aromatic N) is 2. The molecule has 0 saturated heterocycles.